The zero-order chi connectivity index (χ0) is 9.23. The standard InChI is InChI=1S/C9H17IO2/c1-3-5-7-12-9(8-10)11-6-4-2/h4,9H,2-3,5-8H2,1H3. The van der Waals surface area contributed by atoms with Gasteiger partial charge in [-0.1, -0.05) is 42.0 Å². The first-order chi connectivity index (χ1) is 5.85. The van der Waals surface area contributed by atoms with Gasteiger partial charge in [0.25, 0.3) is 0 Å². The number of ether oxygens (including phenoxy) is 2. The Morgan fingerprint density at radius 1 is 1.50 bits per heavy atom. The van der Waals surface area contributed by atoms with Crippen LogP contribution in [0.1, 0.15) is 19.8 Å². The molecule has 0 N–H and O–H groups in total. The van der Waals surface area contributed by atoms with Crippen LogP contribution in [-0.4, -0.2) is 23.9 Å². The van der Waals surface area contributed by atoms with E-state index in [1.54, 1.807) is 6.08 Å². The van der Waals surface area contributed by atoms with E-state index in [9.17, 15) is 0 Å². The number of rotatable bonds is 8. The average Bonchev–Trinajstić information content (AvgIpc) is 2.11. The predicted octanol–water partition coefficient (Wildman–Crippen LogP) is 2.77. The van der Waals surface area contributed by atoms with Crippen molar-refractivity contribution in [2.75, 3.05) is 17.6 Å². The van der Waals surface area contributed by atoms with Gasteiger partial charge in [0, 0.05) is 6.61 Å². The molecule has 0 aliphatic rings. The monoisotopic (exact) mass is 284 g/mol. The first kappa shape index (κ1) is 12.4. The molecule has 0 aliphatic heterocycles. The summed E-state index contributed by atoms with van der Waals surface area (Å²) in [5, 5.41) is 0. The summed E-state index contributed by atoms with van der Waals surface area (Å²) in [6.07, 6.45) is 3.94. The van der Waals surface area contributed by atoms with E-state index in [0.29, 0.717) is 6.61 Å². The average molecular weight is 284 g/mol. The highest BCUT2D eigenvalue weighted by molar-refractivity contribution is 14.1. The molecule has 0 saturated carbocycles. The third-order valence-corrected chi connectivity index (χ3v) is 2.05. The number of unbranched alkanes of at least 4 members (excludes halogenated alkanes) is 1. The maximum absolute atomic E-state index is 5.46. The van der Waals surface area contributed by atoms with E-state index < -0.39 is 0 Å². The Morgan fingerprint density at radius 3 is 2.75 bits per heavy atom. The van der Waals surface area contributed by atoms with Crippen LogP contribution >= 0.6 is 22.6 Å². The highest BCUT2D eigenvalue weighted by Crippen LogP contribution is 2.01. The minimum absolute atomic E-state index is 0.0600. The van der Waals surface area contributed by atoms with Crippen LogP contribution in [0.4, 0.5) is 0 Å². The molecular weight excluding hydrogens is 267 g/mol. The first-order valence-corrected chi connectivity index (χ1v) is 5.77. The van der Waals surface area contributed by atoms with Gasteiger partial charge in [-0.3, -0.25) is 0 Å². The Morgan fingerprint density at radius 2 is 2.25 bits per heavy atom. The zero-order valence-corrected chi connectivity index (χ0v) is 9.75. The van der Waals surface area contributed by atoms with Gasteiger partial charge in [0.1, 0.15) is 0 Å². The second-order valence-corrected chi connectivity index (χ2v) is 3.31. The van der Waals surface area contributed by atoms with Crippen LogP contribution in [0.15, 0.2) is 12.7 Å². The minimum atomic E-state index is -0.0600. The maximum Gasteiger partial charge on any atom is 0.166 e. The Hall–Kier alpha value is 0.390. The lowest BCUT2D eigenvalue weighted by atomic mass is 10.4. The highest BCUT2D eigenvalue weighted by atomic mass is 127. The van der Waals surface area contributed by atoms with Crippen molar-refractivity contribution in [1.82, 2.24) is 0 Å². The van der Waals surface area contributed by atoms with Crippen molar-refractivity contribution in [3.8, 4) is 0 Å². The number of halogens is 1. The third kappa shape index (κ3) is 7.06. The second kappa shape index (κ2) is 9.48. The summed E-state index contributed by atoms with van der Waals surface area (Å²) in [5.41, 5.74) is 0. The predicted molar refractivity (Wildman–Crippen MR) is 59.7 cm³/mol. The molecule has 0 aromatic carbocycles. The fraction of sp³-hybridized carbons (Fsp3) is 0.778. The van der Waals surface area contributed by atoms with Crippen LogP contribution in [0.5, 0.6) is 0 Å². The van der Waals surface area contributed by atoms with Gasteiger partial charge in [-0.05, 0) is 6.42 Å². The minimum Gasteiger partial charge on any atom is -0.352 e. The van der Waals surface area contributed by atoms with Crippen molar-refractivity contribution in [1.29, 1.82) is 0 Å². The van der Waals surface area contributed by atoms with Crippen LogP contribution in [0.3, 0.4) is 0 Å². The smallest absolute Gasteiger partial charge is 0.166 e. The van der Waals surface area contributed by atoms with Crippen LogP contribution in [-0.2, 0) is 9.47 Å². The molecule has 0 amide bonds. The first-order valence-electron chi connectivity index (χ1n) is 4.25. The molecule has 1 unspecified atom stereocenters. The molecule has 3 heteroatoms. The SMILES string of the molecule is C=CCOC(CI)OCCCC. The topological polar surface area (TPSA) is 18.5 Å². The van der Waals surface area contributed by atoms with E-state index in [1.807, 2.05) is 0 Å². The van der Waals surface area contributed by atoms with Crippen molar-refractivity contribution >= 4 is 22.6 Å². The molecule has 0 fully saturated rings. The van der Waals surface area contributed by atoms with E-state index in [4.69, 9.17) is 9.47 Å². The maximum atomic E-state index is 5.46. The lowest BCUT2D eigenvalue weighted by Gasteiger charge is -2.14. The summed E-state index contributed by atoms with van der Waals surface area (Å²) < 4.78 is 11.7. The van der Waals surface area contributed by atoms with Crippen molar-refractivity contribution in [2.24, 2.45) is 0 Å². The fourth-order valence-corrected chi connectivity index (χ4v) is 1.18. The molecule has 12 heavy (non-hydrogen) atoms. The van der Waals surface area contributed by atoms with E-state index in [0.717, 1.165) is 23.9 Å². The van der Waals surface area contributed by atoms with Crippen LogP contribution in [0.2, 0.25) is 0 Å². The van der Waals surface area contributed by atoms with Gasteiger partial charge < -0.3 is 9.47 Å². The van der Waals surface area contributed by atoms with Crippen LogP contribution < -0.4 is 0 Å². The Balaban J connectivity index is 3.32. The molecule has 0 saturated heterocycles. The van der Waals surface area contributed by atoms with Gasteiger partial charge in [0.05, 0.1) is 11.0 Å². The van der Waals surface area contributed by atoms with E-state index in [1.165, 1.54) is 0 Å². The molecule has 0 aromatic rings. The molecule has 0 heterocycles. The summed E-state index contributed by atoms with van der Waals surface area (Å²) in [6, 6.07) is 0. The Kier molecular flexibility index (Phi) is 9.79. The summed E-state index contributed by atoms with van der Waals surface area (Å²) in [4.78, 5) is 0. The molecule has 0 aromatic heterocycles. The molecule has 2 nitrogen and oxygen atoms in total. The summed E-state index contributed by atoms with van der Waals surface area (Å²) in [5.74, 6) is 0. The molecule has 72 valence electrons. The van der Waals surface area contributed by atoms with E-state index in [-0.39, 0.29) is 6.29 Å². The third-order valence-electron chi connectivity index (χ3n) is 1.33. The summed E-state index contributed by atoms with van der Waals surface area (Å²) in [7, 11) is 0. The number of alkyl halides is 1. The van der Waals surface area contributed by atoms with Gasteiger partial charge in [0.15, 0.2) is 6.29 Å². The second-order valence-electron chi connectivity index (χ2n) is 2.43. The van der Waals surface area contributed by atoms with Gasteiger partial charge in [-0.25, -0.2) is 0 Å². The molecule has 0 radical (unpaired) electrons. The van der Waals surface area contributed by atoms with Gasteiger partial charge in [-0.2, -0.15) is 0 Å². The zero-order valence-electron chi connectivity index (χ0n) is 7.59. The van der Waals surface area contributed by atoms with E-state index in [2.05, 4.69) is 36.1 Å². The molecule has 0 bridgehead atoms. The van der Waals surface area contributed by atoms with Crippen molar-refractivity contribution in [3.63, 3.8) is 0 Å². The molecule has 0 aliphatic carbocycles. The quantitative estimate of drug-likeness (QED) is 0.224. The largest absolute Gasteiger partial charge is 0.352 e. The Bertz CT molecular complexity index is 107. The fourth-order valence-electron chi connectivity index (χ4n) is 0.672. The van der Waals surface area contributed by atoms with E-state index >= 15 is 0 Å². The lowest BCUT2D eigenvalue weighted by Crippen LogP contribution is -2.19. The van der Waals surface area contributed by atoms with Crippen molar-refractivity contribution in [3.05, 3.63) is 12.7 Å². The highest BCUT2D eigenvalue weighted by Gasteiger charge is 2.04. The van der Waals surface area contributed by atoms with Crippen molar-refractivity contribution < 1.29 is 9.47 Å². The van der Waals surface area contributed by atoms with Gasteiger partial charge in [-0.15, -0.1) is 6.58 Å². The van der Waals surface area contributed by atoms with Crippen LogP contribution in [0, 0.1) is 0 Å². The number of hydrogen-bond acceptors (Lipinski definition) is 2. The number of hydrogen-bond donors (Lipinski definition) is 0. The molecular formula is C9H17IO2. The summed E-state index contributed by atoms with van der Waals surface area (Å²) >= 11 is 2.26. The normalized spacial score (nSPS) is 12.8. The Labute approximate surface area is 88.5 Å². The van der Waals surface area contributed by atoms with Gasteiger partial charge in [0.2, 0.25) is 0 Å². The molecule has 1 atom stereocenters. The molecule has 0 spiro atoms. The lowest BCUT2D eigenvalue weighted by molar-refractivity contribution is -0.117. The van der Waals surface area contributed by atoms with Crippen molar-refractivity contribution in [2.45, 2.75) is 26.1 Å². The molecule has 0 rings (SSSR count). The van der Waals surface area contributed by atoms with Gasteiger partial charge >= 0.3 is 0 Å². The summed E-state index contributed by atoms with van der Waals surface area (Å²) in [6.45, 7) is 7.09. The van der Waals surface area contributed by atoms with Crippen LogP contribution in [0.25, 0.3) is 0 Å².